The standard InChI is InChI=1S/C25H38FN7O2S/c1-17(2)33-18(3)27-16-23(33)24-22(26)15-28-25(30-24)29-19-9-12-31(13-10-19)36(34,35)14-4-11-32-20-5-6-21(32)8-7-20/h15-17,19-21H,4-14H2,1-3H3,(H,28,29,30). The van der Waals surface area contributed by atoms with Crippen LogP contribution in [0.4, 0.5) is 10.3 Å². The molecule has 2 bridgehead atoms. The molecule has 3 fully saturated rings. The summed E-state index contributed by atoms with van der Waals surface area (Å²) in [5, 5.41) is 3.30. The van der Waals surface area contributed by atoms with Gasteiger partial charge in [0, 0.05) is 37.3 Å². The number of aryl methyl sites for hydroxylation is 1. The van der Waals surface area contributed by atoms with Crippen LogP contribution in [0.2, 0.25) is 0 Å². The molecule has 3 aliphatic rings. The number of imidazole rings is 1. The van der Waals surface area contributed by atoms with Crippen LogP contribution in [-0.2, 0) is 10.0 Å². The van der Waals surface area contributed by atoms with Crippen molar-refractivity contribution in [2.24, 2.45) is 0 Å². The zero-order valence-corrected chi connectivity index (χ0v) is 22.3. The molecule has 11 heteroatoms. The fourth-order valence-electron chi connectivity index (χ4n) is 6.30. The van der Waals surface area contributed by atoms with Gasteiger partial charge in [0.25, 0.3) is 0 Å². The molecule has 9 nitrogen and oxygen atoms in total. The Balaban J connectivity index is 1.15. The number of hydrogen-bond donors (Lipinski definition) is 1. The van der Waals surface area contributed by atoms with Crippen LogP contribution in [0.5, 0.6) is 0 Å². The van der Waals surface area contributed by atoms with E-state index in [2.05, 4.69) is 25.2 Å². The highest BCUT2D eigenvalue weighted by molar-refractivity contribution is 7.89. The van der Waals surface area contributed by atoms with Gasteiger partial charge in [-0.2, -0.15) is 0 Å². The van der Waals surface area contributed by atoms with Crippen molar-refractivity contribution in [1.29, 1.82) is 0 Å². The van der Waals surface area contributed by atoms with Gasteiger partial charge < -0.3 is 9.88 Å². The number of nitrogens with zero attached hydrogens (tertiary/aromatic N) is 6. The second-order valence-electron chi connectivity index (χ2n) is 10.7. The van der Waals surface area contributed by atoms with E-state index in [0.717, 1.165) is 12.4 Å². The molecule has 2 aromatic heterocycles. The number of nitrogens with one attached hydrogen (secondary N) is 1. The monoisotopic (exact) mass is 519 g/mol. The molecule has 0 radical (unpaired) electrons. The third-order valence-electron chi connectivity index (χ3n) is 8.09. The molecule has 5 heterocycles. The number of halogens is 1. The molecule has 0 spiro atoms. The summed E-state index contributed by atoms with van der Waals surface area (Å²) in [5.41, 5.74) is 0.835. The SMILES string of the molecule is Cc1ncc(-c2nc(NC3CCN(S(=O)(=O)CCCN4C5CCC4CC5)CC3)ncc2F)n1C(C)C. The third kappa shape index (κ3) is 5.15. The van der Waals surface area contributed by atoms with Crippen molar-refractivity contribution >= 4 is 16.0 Å². The summed E-state index contributed by atoms with van der Waals surface area (Å²) < 4.78 is 44.1. The third-order valence-corrected chi connectivity index (χ3v) is 10.0. The van der Waals surface area contributed by atoms with Gasteiger partial charge in [-0.25, -0.2) is 32.1 Å². The van der Waals surface area contributed by atoms with E-state index < -0.39 is 15.8 Å². The van der Waals surface area contributed by atoms with E-state index in [1.165, 1.54) is 31.9 Å². The second-order valence-corrected chi connectivity index (χ2v) is 12.8. The summed E-state index contributed by atoms with van der Waals surface area (Å²) in [5.74, 6) is 0.871. The molecule has 5 rings (SSSR count). The van der Waals surface area contributed by atoms with Crippen molar-refractivity contribution in [3.8, 4) is 11.4 Å². The van der Waals surface area contributed by atoms with E-state index in [9.17, 15) is 12.8 Å². The number of aromatic nitrogens is 4. The first-order valence-corrected chi connectivity index (χ1v) is 14.9. The summed E-state index contributed by atoms with van der Waals surface area (Å²) in [7, 11) is -3.26. The van der Waals surface area contributed by atoms with Crippen LogP contribution in [0.3, 0.4) is 0 Å². The molecule has 0 aromatic carbocycles. The van der Waals surface area contributed by atoms with Crippen LogP contribution in [0.25, 0.3) is 11.4 Å². The van der Waals surface area contributed by atoms with Gasteiger partial charge in [-0.1, -0.05) is 0 Å². The van der Waals surface area contributed by atoms with Crippen LogP contribution in [0.15, 0.2) is 12.4 Å². The van der Waals surface area contributed by atoms with Crippen molar-refractivity contribution in [3.05, 3.63) is 24.0 Å². The van der Waals surface area contributed by atoms with Crippen molar-refractivity contribution < 1.29 is 12.8 Å². The molecule has 0 amide bonds. The largest absolute Gasteiger partial charge is 0.351 e. The van der Waals surface area contributed by atoms with Crippen LogP contribution in [0.1, 0.15) is 70.7 Å². The minimum atomic E-state index is -3.26. The predicted molar refractivity (Wildman–Crippen MR) is 138 cm³/mol. The highest BCUT2D eigenvalue weighted by Crippen LogP contribution is 2.37. The Bertz CT molecular complexity index is 1160. The van der Waals surface area contributed by atoms with E-state index >= 15 is 0 Å². The maximum Gasteiger partial charge on any atom is 0.223 e. The maximum absolute atomic E-state index is 14.6. The van der Waals surface area contributed by atoms with Crippen molar-refractivity contribution in [2.75, 3.05) is 30.7 Å². The lowest BCUT2D eigenvalue weighted by atomic mass is 10.0. The maximum atomic E-state index is 14.6. The molecule has 0 saturated carbocycles. The molecule has 36 heavy (non-hydrogen) atoms. The summed E-state index contributed by atoms with van der Waals surface area (Å²) in [6.45, 7) is 7.78. The number of rotatable bonds is 9. The van der Waals surface area contributed by atoms with E-state index in [4.69, 9.17) is 0 Å². The number of fused-ring (bicyclic) bond motifs is 2. The fourth-order valence-corrected chi connectivity index (χ4v) is 7.82. The van der Waals surface area contributed by atoms with Crippen molar-refractivity contribution in [2.45, 2.75) is 89.9 Å². The molecule has 0 aliphatic carbocycles. The Kier molecular flexibility index (Phi) is 7.33. The van der Waals surface area contributed by atoms with Gasteiger partial charge in [0.15, 0.2) is 5.82 Å². The van der Waals surface area contributed by atoms with Crippen LogP contribution in [-0.4, -0.2) is 80.7 Å². The molecule has 3 saturated heterocycles. The van der Waals surface area contributed by atoms with Gasteiger partial charge in [0.1, 0.15) is 11.5 Å². The molecule has 0 atom stereocenters. The molecule has 198 valence electrons. The molecular weight excluding hydrogens is 481 g/mol. The van der Waals surface area contributed by atoms with Crippen LogP contribution >= 0.6 is 0 Å². The highest BCUT2D eigenvalue weighted by Gasteiger charge is 2.39. The Morgan fingerprint density at radius 2 is 1.72 bits per heavy atom. The second kappa shape index (κ2) is 10.3. The lowest BCUT2D eigenvalue weighted by molar-refractivity contribution is 0.252. The average Bonchev–Trinajstić information content (AvgIpc) is 3.54. The Morgan fingerprint density at radius 3 is 2.36 bits per heavy atom. The smallest absolute Gasteiger partial charge is 0.223 e. The minimum Gasteiger partial charge on any atom is -0.351 e. The number of anilines is 1. The van der Waals surface area contributed by atoms with Gasteiger partial charge in [-0.15, -0.1) is 0 Å². The lowest BCUT2D eigenvalue weighted by Crippen LogP contribution is -2.43. The fraction of sp³-hybridized carbons (Fsp3) is 0.720. The van der Waals surface area contributed by atoms with E-state index in [0.29, 0.717) is 56.1 Å². The lowest BCUT2D eigenvalue weighted by Gasteiger charge is -2.32. The molecule has 0 unspecified atom stereocenters. The van der Waals surface area contributed by atoms with Crippen molar-refractivity contribution in [3.63, 3.8) is 0 Å². The summed E-state index contributed by atoms with van der Waals surface area (Å²) in [6, 6.07) is 1.52. The van der Waals surface area contributed by atoms with E-state index in [-0.39, 0.29) is 23.5 Å². The van der Waals surface area contributed by atoms with Crippen LogP contribution in [0, 0.1) is 12.7 Å². The highest BCUT2D eigenvalue weighted by atomic mass is 32.2. The van der Waals surface area contributed by atoms with Crippen molar-refractivity contribution in [1.82, 2.24) is 28.7 Å². The Morgan fingerprint density at radius 1 is 1.06 bits per heavy atom. The molecule has 3 aliphatic heterocycles. The number of sulfonamides is 1. The van der Waals surface area contributed by atoms with E-state index in [1.54, 1.807) is 10.5 Å². The molecule has 1 N–H and O–H groups in total. The normalized spacial score (nSPS) is 23.7. The van der Waals surface area contributed by atoms with Gasteiger partial charge in [-0.3, -0.25) is 4.90 Å². The Hall–Kier alpha value is -2.11. The Labute approximate surface area is 213 Å². The quantitative estimate of drug-likeness (QED) is 0.541. The van der Waals surface area contributed by atoms with Gasteiger partial charge in [-0.05, 0) is 72.3 Å². The van der Waals surface area contributed by atoms with E-state index in [1.807, 2.05) is 25.3 Å². The average molecular weight is 520 g/mol. The molecular formula is C25H38FN7O2S. The first kappa shape index (κ1) is 25.5. The number of hydrogen-bond acceptors (Lipinski definition) is 7. The zero-order chi connectivity index (χ0) is 25.4. The predicted octanol–water partition coefficient (Wildman–Crippen LogP) is 3.59. The van der Waals surface area contributed by atoms with Gasteiger partial charge >= 0.3 is 0 Å². The minimum absolute atomic E-state index is 0.0340. The molecule has 2 aromatic rings. The summed E-state index contributed by atoms with van der Waals surface area (Å²) in [4.78, 5) is 15.5. The van der Waals surface area contributed by atoms with Gasteiger partial charge in [0.2, 0.25) is 16.0 Å². The topological polar surface area (TPSA) is 96.2 Å². The summed E-state index contributed by atoms with van der Waals surface area (Å²) in [6.07, 6.45) is 9.95. The summed E-state index contributed by atoms with van der Waals surface area (Å²) >= 11 is 0. The zero-order valence-electron chi connectivity index (χ0n) is 21.5. The van der Waals surface area contributed by atoms with Gasteiger partial charge in [0.05, 0.1) is 23.8 Å². The first-order chi connectivity index (χ1) is 17.2. The first-order valence-electron chi connectivity index (χ1n) is 13.3. The van der Waals surface area contributed by atoms with Crippen LogP contribution < -0.4 is 5.32 Å². The number of piperidine rings is 1.